The van der Waals surface area contributed by atoms with Crippen LogP contribution in [0.5, 0.6) is 5.88 Å². The highest BCUT2D eigenvalue weighted by molar-refractivity contribution is 5.85. The summed E-state index contributed by atoms with van der Waals surface area (Å²) in [4.78, 5) is 8.47. The second-order valence-electron chi connectivity index (χ2n) is 8.49. The Morgan fingerprint density at radius 2 is 2.03 bits per heavy atom. The van der Waals surface area contributed by atoms with E-state index in [4.69, 9.17) is 4.74 Å². The number of pyridine rings is 1. The molecule has 3 heterocycles. The maximum atomic E-state index is 15.1. The minimum absolute atomic E-state index is 0.0685. The molecule has 0 aliphatic carbocycles. The van der Waals surface area contributed by atoms with Gasteiger partial charge in [0.2, 0.25) is 5.88 Å². The SMILES string of the molecule is C[C@@H]1Cc2c([nH]c3ccccc23)[C@@H](c2cc(OCCNCCCF)ncc2F)N1CC(F)(F)F. The maximum absolute atomic E-state index is 15.1. The quantitative estimate of drug-likeness (QED) is 0.336. The number of hydrogen-bond donors (Lipinski definition) is 2. The molecule has 0 unspecified atom stereocenters. The molecule has 34 heavy (non-hydrogen) atoms. The number of aromatic amines is 1. The second kappa shape index (κ2) is 10.3. The third-order valence-corrected chi connectivity index (χ3v) is 6.05. The summed E-state index contributed by atoms with van der Waals surface area (Å²) in [7, 11) is 0. The molecule has 4 rings (SSSR count). The van der Waals surface area contributed by atoms with Crippen LogP contribution in [0.25, 0.3) is 10.9 Å². The van der Waals surface area contributed by atoms with Crippen molar-refractivity contribution in [3.63, 3.8) is 0 Å². The molecule has 10 heteroatoms. The zero-order valence-electron chi connectivity index (χ0n) is 18.8. The summed E-state index contributed by atoms with van der Waals surface area (Å²) in [5.74, 6) is -0.587. The zero-order chi connectivity index (χ0) is 24.3. The number of rotatable bonds is 9. The van der Waals surface area contributed by atoms with E-state index in [1.807, 2.05) is 24.3 Å². The van der Waals surface area contributed by atoms with Gasteiger partial charge in [-0.05, 0) is 37.9 Å². The van der Waals surface area contributed by atoms with Gasteiger partial charge >= 0.3 is 6.18 Å². The topological polar surface area (TPSA) is 53.2 Å². The van der Waals surface area contributed by atoms with Gasteiger partial charge in [0, 0.05) is 40.8 Å². The van der Waals surface area contributed by atoms with Gasteiger partial charge in [-0.25, -0.2) is 9.37 Å². The van der Waals surface area contributed by atoms with E-state index in [9.17, 15) is 17.6 Å². The number of para-hydroxylation sites is 1. The van der Waals surface area contributed by atoms with Crippen molar-refractivity contribution < 1.29 is 26.7 Å². The van der Waals surface area contributed by atoms with Gasteiger partial charge in [0.15, 0.2) is 0 Å². The van der Waals surface area contributed by atoms with Gasteiger partial charge in [0.05, 0.1) is 25.5 Å². The van der Waals surface area contributed by atoms with E-state index >= 15 is 4.39 Å². The summed E-state index contributed by atoms with van der Waals surface area (Å²) in [5, 5.41) is 3.93. The van der Waals surface area contributed by atoms with E-state index in [0.717, 1.165) is 22.7 Å². The number of hydrogen-bond acceptors (Lipinski definition) is 4. The Labute approximate surface area is 194 Å². The fourth-order valence-electron chi connectivity index (χ4n) is 4.56. The van der Waals surface area contributed by atoms with Crippen LogP contribution < -0.4 is 10.1 Å². The van der Waals surface area contributed by atoms with Crippen LogP contribution in [-0.4, -0.2) is 60.0 Å². The van der Waals surface area contributed by atoms with Crippen LogP contribution in [-0.2, 0) is 6.42 Å². The van der Waals surface area contributed by atoms with Gasteiger partial charge in [-0.15, -0.1) is 0 Å². The third kappa shape index (κ3) is 5.33. The molecule has 1 aliphatic heterocycles. The number of H-pyrrole nitrogens is 1. The number of fused-ring (bicyclic) bond motifs is 3. The van der Waals surface area contributed by atoms with E-state index in [1.165, 1.54) is 11.0 Å². The zero-order valence-corrected chi connectivity index (χ0v) is 18.8. The van der Waals surface area contributed by atoms with Crippen molar-refractivity contribution in [2.24, 2.45) is 0 Å². The van der Waals surface area contributed by atoms with Gasteiger partial charge in [0.25, 0.3) is 0 Å². The number of benzene rings is 1. The van der Waals surface area contributed by atoms with Crippen molar-refractivity contribution >= 4 is 10.9 Å². The summed E-state index contributed by atoms with van der Waals surface area (Å²) in [5.41, 5.74) is 2.30. The van der Waals surface area contributed by atoms with Crippen LogP contribution in [0, 0.1) is 5.82 Å². The van der Waals surface area contributed by atoms with E-state index < -0.39 is 37.3 Å². The lowest BCUT2D eigenvalue weighted by Crippen LogP contribution is -2.47. The molecular formula is C24H27F5N4O. The highest BCUT2D eigenvalue weighted by Gasteiger charge is 2.42. The molecular weight excluding hydrogens is 455 g/mol. The second-order valence-corrected chi connectivity index (χ2v) is 8.49. The maximum Gasteiger partial charge on any atom is 0.401 e. The fourth-order valence-corrected chi connectivity index (χ4v) is 4.56. The first-order chi connectivity index (χ1) is 16.3. The predicted molar refractivity (Wildman–Crippen MR) is 119 cm³/mol. The van der Waals surface area contributed by atoms with Crippen molar-refractivity contribution in [1.29, 1.82) is 0 Å². The van der Waals surface area contributed by atoms with Crippen LogP contribution in [0.15, 0.2) is 36.5 Å². The molecule has 1 aromatic carbocycles. The molecule has 3 aromatic rings. The summed E-state index contributed by atoms with van der Waals surface area (Å²) in [6, 6.07) is 7.40. The molecule has 1 aliphatic rings. The largest absolute Gasteiger partial charge is 0.476 e. The summed E-state index contributed by atoms with van der Waals surface area (Å²) < 4.78 is 73.5. The Morgan fingerprint density at radius 1 is 1.24 bits per heavy atom. The van der Waals surface area contributed by atoms with E-state index in [2.05, 4.69) is 15.3 Å². The molecule has 5 nitrogen and oxygen atoms in total. The molecule has 0 saturated carbocycles. The van der Waals surface area contributed by atoms with E-state index in [0.29, 0.717) is 31.6 Å². The first-order valence-electron chi connectivity index (χ1n) is 11.3. The average Bonchev–Trinajstić information content (AvgIpc) is 3.15. The molecule has 0 bridgehead atoms. The Kier molecular flexibility index (Phi) is 7.37. The molecule has 2 N–H and O–H groups in total. The molecule has 2 aromatic heterocycles. The minimum Gasteiger partial charge on any atom is -0.476 e. The molecule has 184 valence electrons. The van der Waals surface area contributed by atoms with E-state index in [1.54, 1.807) is 6.92 Å². The van der Waals surface area contributed by atoms with Gasteiger partial charge in [0.1, 0.15) is 12.4 Å². The normalized spacial score (nSPS) is 18.9. The highest BCUT2D eigenvalue weighted by Crippen LogP contribution is 2.43. The highest BCUT2D eigenvalue weighted by atomic mass is 19.4. The van der Waals surface area contributed by atoms with Crippen molar-refractivity contribution in [2.75, 3.05) is 32.9 Å². The average molecular weight is 482 g/mol. The standard InChI is InChI=1S/C24H27F5N4O/c1-15-11-17-16-5-2-3-6-20(16)32-22(17)23(33(15)14-24(27,28)29)18-12-21(31-13-19(18)26)34-10-9-30-8-4-7-25/h2-3,5-6,12-13,15,23,30,32H,4,7-11,14H2,1H3/t15-,23-/m1/s1. The molecule has 0 spiro atoms. The lowest BCUT2D eigenvalue weighted by molar-refractivity contribution is -0.155. The first-order valence-corrected chi connectivity index (χ1v) is 11.3. The lowest BCUT2D eigenvalue weighted by Gasteiger charge is -2.41. The molecule has 0 amide bonds. The van der Waals surface area contributed by atoms with Gasteiger partial charge in [-0.1, -0.05) is 18.2 Å². The Bertz CT molecular complexity index is 1120. The number of aromatic nitrogens is 2. The Balaban J connectivity index is 1.69. The fraction of sp³-hybridized carbons (Fsp3) is 0.458. The summed E-state index contributed by atoms with van der Waals surface area (Å²) >= 11 is 0. The number of nitrogens with one attached hydrogen (secondary N) is 2. The number of alkyl halides is 4. The molecule has 0 saturated heterocycles. The van der Waals surface area contributed by atoms with Crippen LogP contribution >= 0.6 is 0 Å². The van der Waals surface area contributed by atoms with Crippen molar-refractivity contribution in [1.82, 2.24) is 20.2 Å². The Hall–Kier alpha value is -2.72. The van der Waals surface area contributed by atoms with Gasteiger partial charge < -0.3 is 15.0 Å². The number of ether oxygens (including phenoxy) is 1. The number of halogens is 5. The Morgan fingerprint density at radius 3 is 2.79 bits per heavy atom. The monoisotopic (exact) mass is 482 g/mol. The summed E-state index contributed by atoms with van der Waals surface area (Å²) in [6.07, 6.45) is -2.67. The third-order valence-electron chi connectivity index (χ3n) is 6.05. The van der Waals surface area contributed by atoms with Crippen LogP contribution in [0.4, 0.5) is 22.0 Å². The first kappa shape index (κ1) is 24.4. The van der Waals surface area contributed by atoms with Gasteiger partial charge in [-0.3, -0.25) is 9.29 Å². The summed E-state index contributed by atoms with van der Waals surface area (Å²) in [6.45, 7) is 1.27. The van der Waals surface area contributed by atoms with Crippen molar-refractivity contribution in [3.8, 4) is 5.88 Å². The molecule has 0 radical (unpaired) electrons. The van der Waals surface area contributed by atoms with E-state index in [-0.39, 0.29) is 18.1 Å². The number of nitrogens with zero attached hydrogens (tertiary/aromatic N) is 2. The molecule has 2 atom stereocenters. The van der Waals surface area contributed by atoms with Crippen LogP contribution in [0.3, 0.4) is 0 Å². The minimum atomic E-state index is -4.45. The van der Waals surface area contributed by atoms with Crippen LogP contribution in [0.1, 0.15) is 36.2 Å². The van der Waals surface area contributed by atoms with Gasteiger partial charge in [-0.2, -0.15) is 13.2 Å². The van der Waals surface area contributed by atoms with Crippen molar-refractivity contribution in [2.45, 2.75) is 38.0 Å². The molecule has 0 fully saturated rings. The lowest BCUT2D eigenvalue weighted by atomic mass is 9.88. The smallest absolute Gasteiger partial charge is 0.401 e. The predicted octanol–water partition coefficient (Wildman–Crippen LogP) is 4.93. The van der Waals surface area contributed by atoms with Crippen molar-refractivity contribution in [3.05, 3.63) is 59.2 Å². The van der Waals surface area contributed by atoms with Crippen LogP contribution in [0.2, 0.25) is 0 Å².